The highest BCUT2D eigenvalue weighted by molar-refractivity contribution is 5.90. The number of likely N-dealkylation sites (tertiary alicyclic amines) is 1. The maximum atomic E-state index is 12.1. The zero-order valence-corrected chi connectivity index (χ0v) is 16.2. The van der Waals surface area contributed by atoms with Crippen molar-refractivity contribution >= 4 is 17.6 Å². The third kappa shape index (κ3) is 5.62. The van der Waals surface area contributed by atoms with Gasteiger partial charge in [0.25, 0.3) is 0 Å². The zero-order valence-electron chi connectivity index (χ0n) is 16.2. The number of ether oxygens (including phenoxy) is 1. The Morgan fingerprint density at radius 2 is 2.15 bits per heavy atom. The number of urea groups is 1. The first-order valence-electron chi connectivity index (χ1n) is 9.04. The van der Waals surface area contributed by atoms with Crippen LogP contribution in [-0.4, -0.2) is 68.6 Å². The average molecular weight is 362 g/mol. The Morgan fingerprint density at radius 3 is 2.85 bits per heavy atom. The minimum atomic E-state index is -0.245. The molecule has 26 heavy (non-hydrogen) atoms. The normalized spacial score (nSPS) is 16.9. The smallest absolute Gasteiger partial charge is 0.319 e. The number of aryl methyl sites for hydroxylation is 1. The number of nitrogens with zero attached hydrogens (tertiary/aromatic N) is 2. The summed E-state index contributed by atoms with van der Waals surface area (Å²) in [4.78, 5) is 28.2. The van der Waals surface area contributed by atoms with Gasteiger partial charge in [0.15, 0.2) is 0 Å². The molecule has 1 aliphatic heterocycles. The molecule has 2 N–H and O–H groups in total. The molecule has 0 bridgehead atoms. The molecule has 1 heterocycles. The molecule has 1 saturated heterocycles. The van der Waals surface area contributed by atoms with Gasteiger partial charge in [0, 0.05) is 43.9 Å². The van der Waals surface area contributed by atoms with E-state index >= 15 is 0 Å². The standard InChI is InChI=1S/C19H30N4O3/c1-14-5-7-16(26-4)13-17(14)21-19(25)20-10-9-15-6-8-18(24)23(15)12-11-22(2)3/h5,7,13,15H,6,8-12H2,1-4H3,(H2,20,21,25)/t15-/m1/s1. The van der Waals surface area contributed by atoms with Crippen LogP contribution in [0.3, 0.4) is 0 Å². The summed E-state index contributed by atoms with van der Waals surface area (Å²) in [5.74, 6) is 0.917. The molecular weight excluding hydrogens is 332 g/mol. The summed E-state index contributed by atoms with van der Waals surface area (Å²) in [7, 11) is 5.60. The number of benzene rings is 1. The van der Waals surface area contributed by atoms with E-state index in [1.807, 2.05) is 38.1 Å². The molecule has 0 unspecified atom stereocenters. The van der Waals surface area contributed by atoms with E-state index in [1.54, 1.807) is 13.2 Å². The van der Waals surface area contributed by atoms with Crippen LogP contribution in [0, 0.1) is 6.92 Å². The maximum absolute atomic E-state index is 12.1. The van der Waals surface area contributed by atoms with Crippen molar-refractivity contribution in [2.45, 2.75) is 32.2 Å². The van der Waals surface area contributed by atoms with Crippen LogP contribution in [0.5, 0.6) is 5.75 Å². The van der Waals surface area contributed by atoms with Crippen molar-refractivity contribution in [1.29, 1.82) is 0 Å². The second kappa shape index (κ2) is 9.43. The van der Waals surface area contributed by atoms with Gasteiger partial charge >= 0.3 is 6.03 Å². The minimum absolute atomic E-state index is 0.210. The minimum Gasteiger partial charge on any atom is -0.497 e. The molecule has 3 amide bonds. The molecule has 0 spiro atoms. The zero-order chi connectivity index (χ0) is 19.1. The first-order valence-corrected chi connectivity index (χ1v) is 9.04. The van der Waals surface area contributed by atoms with Gasteiger partial charge in [-0.2, -0.15) is 0 Å². The molecule has 1 fully saturated rings. The van der Waals surface area contributed by atoms with Gasteiger partial charge in [-0.05, 0) is 45.5 Å². The Kier molecular flexibility index (Phi) is 7.26. The van der Waals surface area contributed by atoms with Gasteiger partial charge in [-0.1, -0.05) is 6.07 Å². The number of likely N-dealkylation sites (N-methyl/N-ethyl adjacent to an activating group) is 1. The lowest BCUT2D eigenvalue weighted by Gasteiger charge is -2.26. The molecule has 1 aromatic carbocycles. The first kappa shape index (κ1) is 20.0. The van der Waals surface area contributed by atoms with Gasteiger partial charge in [0.1, 0.15) is 5.75 Å². The summed E-state index contributed by atoms with van der Waals surface area (Å²) in [5, 5.41) is 5.74. The molecule has 144 valence electrons. The molecule has 7 nitrogen and oxygen atoms in total. The maximum Gasteiger partial charge on any atom is 0.319 e. The number of carbonyl (C=O) groups is 2. The lowest BCUT2D eigenvalue weighted by molar-refractivity contribution is -0.129. The predicted molar refractivity (Wildman–Crippen MR) is 103 cm³/mol. The van der Waals surface area contributed by atoms with Gasteiger partial charge < -0.3 is 25.2 Å². The van der Waals surface area contributed by atoms with Crippen molar-refractivity contribution in [3.63, 3.8) is 0 Å². The Hall–Kier alpha value is -2.28. The number of amides is 3. The second-order valence-corrected chi connectivity index (χ2v) is 6.93. The van der Waals surface area contributed by atoms with E-state index in [0.29, 0.717) is 18.7 Å². The van der Waals surface area contributed by atoms with Crippen molar-refractivity contribution in [2.24, 2.45) is 0 Å². The number of hydrogen-bond donors (Lipinski definition) is 2. The highest BCUT2D eigenvalue weighted by Gasteiger charge is 2.30. The van der Waals surface area contributed by atoms with Crippen LogP contribution in [0.4, 0.5) is 10.5 Å². The Bertz CT molecular complexity index is 633. The molecule has 7 heteroatoms. The van der Waals surface area contributed by atoms with E-state index in [0.717, 1.165) is 37.2 Å². The Morgan fingerprint density at radius 1 is 1.38 bits per heavy atom. The van der Waals surface area contributed by atoms with E-state index in [9.17, 15) is 9.59 Å². The number of carbonyl (C=O) groups excluding carboxylic acids is 2. The molecule has 2 rings (SSSR count). The molecule has 1 aromatic rings. The van der Waals surface area contributed by atoms with Crippen LogP contribution in [0.25, 0.3) is 0 Å². The van der Waals surface area contributed by atoms with Gasteiger partial charge in [-0.25, -0.2) is 4.79 Å². The van der Waals surface area contributed by atoms with Gasteiger partial charge in [0.2, 0.25) is 5.91 Å². The van der Waals surface area contributed by atoms with Crippen LogP contribution in [0.2, 0.25) is 0 Å². The van der Waals surface area contributed by atoms with Crippen molar-refractivity contribution < 1.29 is 14.3 Å². The predicted octanol–water partition coefficient (Wildman–Crippen LogP) is 2.07. The van der Waals surface area contributed by atoms with E-state index < -0.39 is 0 Å². The van der Waals surface area contributed by atoms with E-state index in [2.05, 4.69) is 15.5 Å². The largest absolute Gasteiger partial charge is 0.497 e. The van der Waals surface area contributed by atoms with Crippen molar-refractivity contribution in [3.05, 3.63) is 23.8 Å². The second-order valence-electron chi connectivity index (χ2n) is 6.93. The summed E-state index contributed by atoms with van der Waals surface area (Å²) < 4.78 is 5.19. The summed E-state index contributed by atoms with van der Waals surface area (Å²) in [6, 6.07) is 5.53. The van der Waals surface area contributed by atoms with Gasteiger partial charge in [0.05, 0.1) is 7.11 Å². The number of hydrogen-bond acceptors (Lipinski definition) is 4. The molecule has 1 aliphatic rings. The third-order valence-corrected chi connectivity index (χ3v) is 4.70. The molecule has 1 atom stereocenters. The Balaban J connectivity index is 1.79. The molecular formula is C19H30N4O3. The number of rotatable bonds is 8. The molecule has 0 saturated carbocycles. The fourth-order valence-electron chi connectivity index (χ4n) is 3.09. The number of nitrogens with one attached hydrogen (secondary N) is 2. The highest BCUT2D eigenvalue weighted by Crippen LogP contribution is 2.22. The number of methoxy groups -OCH3 is 1. The summed E-state index contributed by atoms with van der Waals surface area (Å²) in [6.45, 7) is 4.06. The third-order valence-electron chi connectivity index (χ3n) is 4.70. The van der Waals surface area contributed by atoms with Crippen LogP contribution < -0.4 is 15.4 Å². The lowest BCUT2D eigenvalue weighted by atomic mass is 10.1. The average Bonchev–Trinajstić information content (AvgIpc) is 2.95. The first-order chi connectivity index (χ1) is 12.4. The van der Waals surface area contributed by atoms with Crippen LogP contribution in [0.1, 0.15) is 24.8 Å². The van der Waals surface area contributed by atoms with E-state index in [-0.39, 0.29) is 18.0 Å². The Labute approximate surface area is 155 Å². The van der Waals surface area contributed by atoms with E-state index in [1.165, 1.54) is 0 Å². The van der Waals surface area contributed by atoms with E-state index in [4.69, 9.17) is 4.74 Å². The van der Waals surface area contributed by atoms with Crippen LogP contribution in [-0.2, 0) is 4.79 Å². The van der Waals surface area contributed by atoms with Crippen molar-refractivity contribution in [2.75, 3.05) is 46.2 Å². The number of anilines is 1. The van der Waals surface area contributed by atoms with Gasteiger partial charge in [-0.15, -0.1) is 0 Å². The van der Waals surface area contributed by atoms with Gasteiger partial charge in [-0.3, -0.25) is 4.79 Å². The highest BCUT2D eigenvalue weighted by atomic mass is 16.5. The molecule has 0 aromatic heterocycles. The summed E-state index contributed by atoms with van der Waals surface area (Å²) in [5.41, 5.74) is 1.70. The monoisotopic (exact) mass is 362 g/mol. The fraction of sp³-hybridized carbons (Fsp3) is 0.579. The van der Waals surface area contributed by atoms with Crippen LogP contribution in [0.15, 0.2) is 18.2 Å². The fourth-order valence-corrected chi connectivity index (χ4v) is 3.09. The van der Waals surface area contributed by atoms with Crippen molar-refractivity contribution in [1.82, 2.24) is 15.1 Å². The molecule has 0 radical (unpaired) electrons. The quantitative estimate of drug-likeness (QED) is 0.742. The topological polar surface area (TPSA) is 73.9 Å². The lowest BCUT2D eigenvalue weighted by Crippen LogP contribution is -2.40. The van der Waals surface area contributed by atoms with Crippen molar-refractivity contribution in [3.8, 4) is 5.75 Å². The summed E-state index contributed by atoms with van der Waals surface area (Å²) in [6.07, 6.45) is 2.24. The SMILES string of the molecule is COc1ccc(C)c(NC(=O)NCC[C@H]2CCC(=O)N2CCN(C)C)c1. The van der Waals surface area contributed by atoms with Crippen LogP contribution >= 0.6 is 0 Å². The molecule has 0 aliphatic carbocycles. The summed E-state index contributed by atoms with van der Waals surface area (Å²) >= 11 is 0.